The second-order valence-corrected chi connectivity index (χ2v) is 6.51. The highest BCUT2D eigenvalue weighted by Crippen LogP contribution is 2.27. The molecule has 1 N–H and O–H groups in total. The fraction of sp³-hybridized carbons (Fsp3) is 0.375. The van der Waals surface area contributed by atoms with E-state index in [0.717, 1.165) is 30.5 Å². The number of methoxy groups -OCH3 is 1. The van der Waals surface area contributed by atoms with E-state index in [1.54, 1.807) is 18.4 Å². The standard InChI is InChI=1S/C16H20ClNOS/c1-19-10-9-18-12-14(13-5-3-2-4-6-13)11-15-7-8-16(17)20-15/h2-8,14,18H,9-12H2,1H3. The SMILES string of the molecule is COCCNCC(Cc1ccc(Cl)s1)c1ccccc1. The van der Waals surface area contributed by atoms with Gasteiger partial charge in [-0.25, -0.2) is 0 Å². The molecular formula is C16H20ClNOS. The van der Waals surface area contributed by atoms with Crippen molar-refractivity contribution in [2.45, 2.75) is 12.3 Å². The summed E-state index contributed by atoms with van der Waals surface area (Å²) in [6.45, 7) is 2.57. The van der Waals surface area contributed by atoms with E-state index >= 15 is 0 Å². The van der Waals surface area contributed by atoms with Crippen molar-refractivity contribution in [2.24, 2.45) is 0 Å². The van der Waals surface area contributed by atoms with Gasteiger partial charge in [0.05, 0.1) is 10.9 Å². The Labute approximate surface area is 129 Å². The van der Waals surface area contributed by atoms with Gasteiger partial charge in [-0.1, -0.05) is 41.9 Å². The Morgan fingerprint density at radius 2 is 2.00 bits per heavy atom. The van der Waals surface area contributed by atoms with E-state index < -0.39 is 0 Å². The summed E-state index contributed by atoms with van der Waals surface area (Å²) in [6.07, 6.45) is 1.02. The molecule has 2 rings (SSSR count). The highest BCUT2D eigenvalue weighted by molar-refractivity contribution is 7.16. The van der Waals surface area contributed by atoms with Gasteiger partial charge in [0, 0.05) is 31.0 Å². The zero-order valence-corrected chi connectivity index (χ0v) is 13.2. The van der Waals surface area contributed by atoms with Crippen molar-refractivity contribution in [3.05, 3.63) is 57.2 Å². The third kappa shape index (κ3) is 4.91. The van der Waals surface area contributed by atoms with Gasteiger partial charge >= 0.3 is 0 Å². The van der Waals surface area contributed by atoms with Crippen LogP contribution in [0.15, 0.2) is 42.5 Å². The van der Waals surface area contributed by atoms with Crippen LogP contribution in [-0.4, -0.2) is 26.8 Å². The summed E-state index contributed by atoms with van der Waals surface area (Å²) in [5, 5.41) is 3.46. The molecule has 1 aromatic heterocycles. The molecule has 2 nitrogen and oxygen atoms in total. The number of hydrogen-bond acceptors (Lipinski definition) is 3. The summed E-state index contributed by atoms with van der Waals surface area (Å²) in [7, 11) is 1.73. The van der Waals surface area contributed by atoms with E-state index in [1.165, 1.54) is 10.4 Å². The van der Waals surface area contributed by atoms with E-state index in [9.17, 15) is 0 Å². The predicted molar refractivity (Wildman–Crippen MR) is 87.0 cm³/mol. The maximum Gasteiger partial charge on any atom is 0.0931 e. The van der Waals surface area contributed by atoms with Crippen molar-refractivity contribution in [2.75, 3.05) is 26.8 Å². The number of rotatable bonds is 8. The Balaban J connectivity index is 2.00. The molecule has 0 radical (unpaired) electrons. The molecule has 0 saturated carbocycles. The Morgan fingerprint density at radius 3 is 2.65 bits per heavy atom. The van der Waals surface area contributed by atoms with Crippen LogP contribution in [0.4, 0.5) is 0 Å². The molecule has 0 amide bonds. The van der Waals surface area contributed by atoms with Gasteiger partial charge in [0.2, 0.25) is 0 Å². The van der Waals surface area contributed by atoms with E-state index in [4.69, 9.17) is 16.3 Å². The van der Waals surface area contributed by atoms with Gasteiger partial charge in [0.1, 0.15) is 0 Å². The van der Waals surface area contributed by atoms with E-state index in [-0.39, 0.29) is 0 Å². The number of thiophene rings is 1. The van der Waals surface area contributed by atoms with Crippen molar-refractivity contribution in [1.82, 2.24) is 5.32 Å². The first-order chi connectivity index (χ1) is 9.79. The summed E-state index contributed by atoms with van der Waals surface area (Å²) in [6, 6.07) is 14.7. The van der Waals surface area contributed by atoms with Crippen molar-refractivity contribution < 1.29 is 4.74 Å². The lowest BCUT2D eigenvalue weighted by Gasteiger charge is -2.17. The van der Waals surface area contributed by atoms with Crippen LogP contribution in [0.2, 0.25) is 4.34 Å². The van der Waals surface area contributed by atoms with E-state index in [1.807, 2.05) is 6.07 Å². The van der Waals surface area contributed by atoms with E-state index in [0.29, 0.717) is 5.92 Å². The maximum absolute atomic E-state index is 6.02. The lowest BCUT2D eigenvalue weighted by Crippen LogP contribution is -2.26. The largest absolute Gasteiger partial charge is 0.383 e. The molecule has 0 bridgehead atoms. The molecule has 0 saturated heterocycles. The highest BCUT2D eigenvalue weighted by Gasteiger charge is 2.13. The molecule has 1 heterocycles. The normalized spacial score (nSPS) is 12.5. The highest BCUT2D eigenvalue weighted by atomic mass is 35.5. The van der Waals surface area contributed by atoms with Crippen LogP contribution in [0.5, 0.6) is 0 Å². The van der Waals surface area contributed by atoms with Gasteiger partial charge in [0.25, 0.3) is 0 Å². The molecule has 0 fully saturated rings. The molecule has 0 aliphatic rings. The first-order valence-electron chi connectivity index (χ1n) is 6.78. The van der Waals surface area contributed by atoms with Crippen LogP contribution in [0, 0.1) is 0 Å². The van der Waals surface area contributed by atoms with Gasteiger partial charge in [-0.2, -0.15) is 0 Å². The molecule has 108 valence electrons. The first-order valence-corrected chi connectivity index (χ1v) is 7.98. The minimum atomic E-state index is 0.461. The fourth-order valence-corrected chi connectivity index (χ4v) is 3.36. The average molecular weight is 310 g/mol. The van der Waals surface area contributed by atoms with Crippen LogP contribution < -0.4 is 5.32 Å². The number of hydrogen-bond donors (Lipinski definition) is 1. The molecule has 4 heteroatoms. The topological polar surface area (TPSA) is 21.3 Å². The number of halogens is 1. The molecule has 1 unspecified atom stereocenters. The summed E-state index contributed by atoms with van der Waals surface area (Å²) in [5.74, 6) is 0.461. The zero-order valence-electron chi connectivity index (χ0n) is 11.6. The molecule has 20 heavy (non-hydrogen) atoms. The molecule has 0 spiro atoms. The summed E-state index contributed by atoms with van der Waals surface area (Å²) < 4.78 is 5.93. The lowest BCUT2D eigenvalue weighted by atomic mass is 9.95. The maximum atomic E-state index is 6.02. The smallest absolute Gasteiger partial charge is 0.0931 e. The summed E-state index contributed by atoms with van der Waals surface area (Å²) in [5.41, 5.74) is 1.36. The Morgan fingerprint density at radius 1 is 1.20 bits per heavy atom. The van der Waals surface area contributed by atoms with Crippen LogP contribution in [0.3, 0.4) is 0 Å². The fourth-order valence-electron chi connectivity index (χ4n) is 2.19. The Hall–Kier alpha value is -0.870. The molecule has 0 aliphatic carbocycles. The van der Waals surface area contributed by atoms with Gasteiger partial charge in [0.15, 0.2) is 0 Å². The number of ether oxygens (including phenoxy) is 1. The summed E-state index contributed by atoms with van der Waals surface area (Å²) >= 11 is 7.69. The van der Waals surface area contributed by atoms with Gasteiger partial charge in [-0.15, -0.1) is 11.3 Å². The van der Waals surface area contributed by atoms with Crippen molar-refractivity contribution in [1.29, 1.82) is 0 Å². The van der Waals surface area contributed by atoms with Crippen LogP contribution >= 0.6 is 22.9 Å². The van der Waals surface area contributed by atoms with Crippen molar-refractivity contribution >= 4 is 22.9 Å². The Kier molecular flexibility index (Phi) is 6.54. The second-order valence-electron chi connectivity index (χ2n) is 4.71. The summed E-state index contributed by atoms with van der Waals surface area (Å²) in [4.78, 5) is 1.33. The second kappa shape index (κ2) is 8.42. The number of benzene rings is 1. The van der Waals surface area contributed by atoms with Crippen LogP contribution in [0.1, 0.15) is 16.4 Å². The van der Waals surface area contributed by atoms with Crippen LogP contribution in [0.25, 0.3) is 0 Å². The van der Waals surface area contributed by atoms with Crippen LogP contribution in [-0.2, 0) is 11.2 Å². The van der Waals surface area contributed by atoms with Gasteiger partial charge in [-0.3, -0.25) is 0 Å². The monoisotopic (exact) mass is 309 g/mol. The molecule has 0 aliphatic heterocycles. The molecule has 2 aromatic rings. The Bertz CT molecular complexity index is 500. The third-order valence-corrected chi connectivity index (χ3v) is 4.47. The minimum Gasteiger partial charge on any atom is -0.383 e. The van der Waals surface area contributed by atoms with E-state index in [2.05, 4.69) is 41.7 Å². The molecule has 1 atom stereocenters. The van der Waals surface area contributed by atoms with Gasteiger partial charge < -0.3 is 10.1 Å². The average Bonchev–Trinajstić information content (AvgIpc) is 2.88. The number of nitrogens with one attached hydrogen (secondary N) is 1. The first kappa shape index (κ1) is 15.5. The predicted octanol–water partition coefficient (Wildman–Crippen LogP) is 3.96. The third-order valence-electron chi connectivity index (χ3n) is 3.22. The lowest BCUT2D eigenvalue weighted by molar-refractivity contribution is 0.199. The van der Waals surface area contributed by atoms with Gasteiger partial charge in [-0.05, 0) is 24.1 Å². The van der Waals surface area contributed by atoms with Crippen molar-refractivity contribution in [3.8, 4) is 0 Å². The molecule has 1 aromatic carbocycles. The molecular weight excluding hydrogens is 290 g/mol. The minimum absolute atomic E-state index is 0.461. The zero-order chi connectivity index (χ0) is 14.2. The quantitative estimate of drug-likeness (QED) is 0.745. The van der Waals surface area contributed by atoms with Crippen molar-refractivity contribution in [3.63, 3.8) is 0 Å².